The van der Waals surface area contributed by atoms with Crippen LogP contribution in [0, 0.1) is 5.92 Å². The highest BCUT2D eigenvalue weighted by Crippen LogP contribution is 2.25. The molecule has 84 valence electrons. The van der Waals surface area contributed by atoms with Crippen molar-refractivity contribution in [2.45, 2.75) is 26.3 Å². The van der Waals surface area contributed by atoms with Crippen LogP contribution in [0.1, 0.15) is 19.4 Å². The van der Waals surface area contributed by atoms with Crippen molar-refractivity contribution in [2.24, 2.45) is 11.7 Å². The zero-order chi connectivity index (χ0) is 11.4. The maximum absolute atomic E-state index is 6.03. The Labute approximate surface area is 96.4 Å². The van der Waals surface area contributed by atoms with E-state index in [-0.39, 0.29) is 6.04 Å². The van der Waals surface area contributed by atoms with Gasteiger partial charge in [0, 0.05) is 6.04 Å². The number of nitrogens with two attached hydrogens (primary N) is 1. The predicted octanol–water partition coefficient (Wildman–Crippen LogP) is 2.87. The van der Waals surface area contributed by atoms with E-state index in [4.69, 9.17) is 22.1 Å². The van der Waals surface area contributed by atoms with E-state index in [1.165, 1.54) is 0 Å². The van der Waals surface area contributed by atoms with Crippen molar-refractivity contribution >= 4 is 11.6 Å². The molecule has 1 rings (SSSR count). The molecule has 0 radical (unpaired) electrons. The Kier molecular flexibility index (Phi) is 4.43. The number of halogens is 1. The van der Waals surface area contributed by atoms with Gasteiger partial charge in [-0.15, -0.1) is 0 Å². The van der Waals surface area contributed by atoms with Crippen LogP contribution in [0.3, 0.4) is 0 Å². The SMILES string of the molecule is COc1ccc(CC(N)C(C)C)cc1Cl. The zero-order valence-electron chi connectivity index (χ0n) is 9.46. The van der Waals surface area contributed by atoms with Crippen LogP contribution in [-0.2, 0) is 6.42 Å². The molecule has 0 aliphatic heterocycles. The van der Waals surface area contributed by atoms with Crippen molar-refractivity contribution in [3.8, 4) is 5.75 Å². The van der Waals surface area contributed by atoms with Gasteiger partial charge in [0.1, 0.15) is 5.75 Å². The number of rotatable bonds is 4. The van der Waals surface area contributed by atoms with Crippen LogP contribution in [0.5, 0.6) is 5.75 Å². The molecule has 0 heterocycles. The van der Waals surface area contributed by atoms with E-state index in [1.807, 2.05) is 18.2 Å². The van der Waals surface area contributed by atoms with Crippen LogP contribution in [0.4, 0.5) is 0 Å². The van der Waals surface area contributed by atoms with Gasteiger partial charge in [-0.05, 0) is 30.0 Å². The fourth-order valence-corrected chi connectivity index (χ4v) is 1.63. The number of hydrogen-bond acceptors (Lipinski definition) is 2. The molecule has 2 N–H and O–H groups in total. The van der Waals surface area contributed by atoms with Crippen LogP contribution < -0.4 is 10.5 Å². The molecule has 15 heavy (non-hydrogen) atoms. The van der Waals surface area contributed by atoms with Gasteiger partial charge in [0.05, 0.1) is 12.1 Å². The lowest BCUT2D eigenvalue weighted by molar-refractivity contribution is 0.414. The Hall–Kier alpha value is -0.730. The van der Waals surface area contributed by atoms with E-state index in [9.17, 15) is 0 Å². The monoisotopic (exact) mass is 227 g/mol. The number of benzene rings is 1. The Bertz CT molecular complexity index is 325. The molecular formula is C12H18ClNO. The average Bonchev–Trinajstić information content (AvgIpc) is 2.18. The molecule has 3 heteroatoms. The molecule has 1 atom stereocenters. The van der Waals surface area contributed by atoms with Crippen molar-refractivity contribution in [1.82, 2.24) is 0 Å². The molecule has 0 bridgehead atoms. The Morgan fingerprint density at radius 2 is 2.07 bits per heavy atom. The highest BCUT2D eigenvalue weighted by atomic mass is 35.5. The Morgan fingerprint density at radius 3 is 2.53 bits per heavy atom. The molecule has 0 saturated carbocycles. The molecule has 0 fully saturated rings. The quantitative estimate of drug-likeness (QED) is 0.859. The largest absolute Gasteiger partial charge is 0.495 e. The molecule has 2 nitrogen and oxygen atoms in total. The van der Waals surface area contributed by atoms with Crippen molar-refractivity contribution in [2.75, 3.05) is 7.11 Å². The molecule has 1 unspecified atom stereocenters. The summed E-state index contributed by atoms with van der Waals surface area (Å²) in [5, 5.41) is 0.644. The summed E-state index contributed by atoms with van der Waals surface area (Å²) in [5.41, 5.74) is 7.15. The average molecular weight is 228 g/mol. The van der Waals surface area contributed by atoms with Crippen LogP contribution in [0.2, 0.25) is 5.02 Å². The van der Waals surface area contributed by atoms with E-state index < -0.39 is 0 Å². The minimum atomic E-state index is 0.175. The molecule has 0 amide bonds. The van der Waals surface area contributed by atoms with Gasteiger partial charge < -0.3 is 10.5 Å². The molecule has 0 aromatic heterocycles. The smallest absolute Gasteiger partial charge is 0.137 e. The molecule has 1 aromatic rings. The van der Waals surface area contributed by atoms with Gasteiger partial charge in [0.25, 0.3) is 0 Å². The lowest BCUT2D eigenvalue weighted by atomic mass is 9.97. The Balaban J connectivity index is 2.75. The first-order valence-corrected chi connectivity index (χ1v) is 5.50. The van der Waals surface area contributed by atoms with Gasteiger partial charge >= 0.3 is 0 Å². The molecule has 1 aromatic carbocycles. The van der Waals surface area contributed by atoms with E-state index in [1.54, 1.807) is 7.11 Å². The van der Waals surface area contributed by atoms with E-state index >= 15 is 0 Å². The minimum absolute atomic E-state index is 0.175. The maximum atomic E-state index is 6.03. The second-order valence-electron chi connectivity index (χ2n) is 4.08. The third-order valence-electron chi connectivity index (χ3n) is 2.54. The summed E-state index contributed by atoms with van der Waals surface area (Å²) < 4.78 is 5.09. The van der Waals surface area contributed by atoms with Crippen molar-refractivity contribution < 1.29 is 4.74 Å². The van der Waals surface area contributed by atoms with Gasteiger partial charge in [-0.3, -0.25) is 0 Å². The first-order chi connectivity index (χ1) is 7.04. The predicted molar refractivity (Wildman–Crippen MR) is 64.5 cm³/mol. The Morgan fingerprint density at radius 1 is 1.40 bits per heavy atom. The van der Waals surface area contributed by atoms with Crippen LogP contribution in [-0.4, -0.2) is 13.2 Å². The summed E-state index contributed by atoms with van der Waals surface area (Å²) in [6.45, 7) is 4.24. The van der Waals surface area contributed by atoms with Crippen LogP contribution >= 0.6 is 11.6 Å². The summed E-state index contributed by atoms with van der Waals surface area (Å²) in [6, 6.07) is 5.98. The maximum Gasteiger partial charge on any atom is 0.137 e. The fraction of sp³-hybridized carbons (Fsp3) is 0.500. The van der Waals surface area contributed by atoms with Crippen LogP contribution in [0.25, 0.3) is 0 Å². The normalized spacial score (nSPS) is 12.9. The van der Waals surface area contributed by atoms with Crippen molar-refractivity contribution in [3.05, 3.63) is 28.8 Å². The topological polar surface area (TPSA) is 35.2 Å². The van der Waals surface area contributed by atoms with Crippen molar-refractivity contribution in [1.29, 1.82) is 0 Å². The summed E-state index contributed by atoms with van der Waals surface area (Å²) in [7, 11) is 1.61. The second-order valence-corrected chi connectivity index (χ2v) is 4.49. The lowest BCUT2D eigenvalue weighted by Gasteiger charge is -2.15. The standard InChI is InChI=1S/C12H18ClNO/c1-8(2)11(14)7-9-4-5-12(15-3)10(13)6-9/h4-6,8,11H,7,14H2,1-3H3. The summed E-state index contributed by atoms with van der Waals surface area (Å²) in [5.74, 6) is 1.18. The van der Waals surface area contributed by atoms with Crippen LogP contribution in [0.15, 0.2) is 18.2 Å². The molecule has 0 spiro atoms. The minimum Gasteiger partial charge on any atom is -0.495 e. The zero-order valence-corrected chi connectivity index (χ0v) is 10.2. The fourth-order valence-electron chi connectivity index (χ4n) is 1.34. The first-order valence-electron chi connectivity index (χ1n) is 5.12. The van der Waals surface area contributed by atoms with Gasteiger partial charge in [0.2, 0.25) is 0 Å². The third-order valence-corrected chi connectivity index (χ3v) is 2.84. The van der Waals surface area contributed by atoms with E-state index in [2.05, 4.69) is 13.8 Å². The highest BCUT2D eigenvalue weighted by molar-refractivity contribution is 6.32. The number of methoxy groups -OCH3 is 1. The van der Waals surface area contributed by atoms with Gasteiger partial charge in [-0.2, -0.15) is 0 Å². The molecule has 0 aliphatic carbocycles. The second kappa shape index (κ2) is 5.38. The summed E-state index contributed by atoms with van der Waals surface area (Å²) >= 11 is 6.03. The highest BCUT2D eigenvalue weighted by Gasteiger charge is 2.09. The number of hydrogen-bond donors (Lipinski definition) is 1. The summed E-state index contributed by atoms with van der Waals surface area (Å²) in [6.07, 6.45) is 0.849. The van der Waals surface area contributed by atoms with E-state index in [0.29, 0.717) is 16.7 Å². The van der Waals surface area contributed by atoms with Crippen molar-refractivity contribution in [3.63, 3.8) is 0 Å². The number of ether oxygens (including phenoxy) is 1. The van der Waals surface area contributed by atoms with Gasteiger partial charge in [-0.1, -0.05) is 31.5 Å². The van der Waals surface area contributed by atoms with E-state index in [0.717, 1.165) is 12.0 Å². The first kappa shape index (κ1) is 12.3. The molecular weight excluding hydrogens is 210 g/mol. The molecule has 0 saturated heterocycles. The molecule has 0 aliphatic rings. The summed E-state index contributed by atoms with van der Waals surface area (Å²) in [4.78, 5) is 0. The lowest BCUT2D eigenvalue weighted by Crippen LogP contribution is -2.28. The van der Waals surface area contributed by atoms with Gasteiger partial charge in [-0.25, -0.2) is 0 Å². The third kappa shape index (κ3) is 3.40. The van der Waals surface area contributed by atoms with Gasteiger partial charge in [0.15, 0.2) is 0 Å².